The van der Waals surface area contributed by atoms with Gasteiger partial charge in [0.2, 0.25) is 11.7 Å². The van der Waals surface area contributed by atoms with E-state index < -0.39 is 0 Å². The highest BCUT2D eigenvalue weighted by Crippen LogP contribution is 2.49. The molecular weight excluding hydrogens is 406 g/mol. The van der Waals surface area contributed by atoms with Crippen molar-refractivity contribution in [2.45, 2.75) is 44.9 Å². The Labute approximate surface area is 188 Å². The highest BCUT2D eigenvalue weighted by Gasteiger charge is 2.41. The molecule has 0 saturated carbocycles. The number of carbonyl (C=O) groups is 2. The first-order valence-electron chi connectivity index (χ1n) is 11.0. The van der Waals surface area contributed by atoms with Gasteiger partial charge < -0.3 is 14.2 Å². The molecule has 0 spiro atoms. The molecule has 0 aromatic heterocycles. The number of allylic oxidation sites excluding steroid dienone is 2. The molecule has 168 valence electrons. The third-order valence-electron chi connectivity index (χ3n) is 6.39. The van der Waals surface area contributed by atoms with Crippen molar-refractivity contribution in [3.63, 3.8) is 0 Å². The Hall–Kier alpha value is -3.28. The average Bonchev–Trinajstić information content (AvgIpc) is 2.82. The first-order chi connectivity index (χ1) is 15.5. The molecule has 1 amide bonds. The van der Waals surface area contributed by atoms with Crippen molar-refractivity contribution < 1.29 is 23.8 Å². The zero-order valence-corrected chi connectivity index (χ0v) is 19.1. The number of carbonyl (C=O) groups excluding carboxylic acids is 2. The molecular formula is C26H29NO5. The number of hydrogen-bond acceptors (Lipinski definition) is 5. The maximum atomic E-state index is 13.5. The van der Waals surface area contributed by atoms with Crippen LogP contribution in [0.4, 0.5) is 5.69 Å². The maximum absolute atomic E-state index is 13.5. The molecule has 1 aliphatic carbocycles. The number of methoxy groups -OCH3 is 3. The molecule has 1 aliphatic heterocycles. The van der Waals surface area contributed by atoms with Gasteiger partial charge in [-0.05, 0) is 43.0 Å². The molecule has 1 atom stereocenters. The van der Waals surface area contributed by atoms with Crippen LogP contribution >= 0.6 is 0 Å². The first-order valence-corrected chi connectivity index (χ1v) is 11.0. The smallest absolute Gasteiger partial charge is 0.232 e. The highest BCUT2D eigenvalue weighted by atomic mass is 16.5. The van der Waals surface area contributed by atoms with Crippen molar-refractivity contribution in [1.82, 2.24) is 0 Å². The topological polar surface area (TPSA) is 65.1 Å². The van der Waals surface area contributed by atoms with Crippen molar-refractivity contribution >= 4 is 17.4 Å². The fourth-order valence-electron chi connectivity index (χ4n) is 4.84. The van der Waals surface area contributed by atoms with Gasteiger partial charge in [-0.1, -0.05) is 25.1 Å². The Morgan fingerprint density at radius 2 is 1.62 bits per heavy atom. The SMILES string of the molecule is CCc1ccc(N2C(=O)C[C@@H](c3ccc(OC)c(OC)c3OC)C3=C2CCCC3=O)cc1. The van der Waals surface area contributed by atoms with E-state index in [1.165, 1.54) is 5.56 Å². The van der Waals surface area contributed by atoms with Crippen LogP contribution in [0.1, 0.15) is 49.7 Å². The molecule has 2 aromatic carbocycles. The van der Waals surface area contributed by atoms with Gasteiger partial charge in [-0.2, -0.15) is 0 Å². The van der Waals surface area contributed by atoms with E-state index >= 15 is 0 Å². The van der Waals surface area contributed by atoms with E-state index in [9.17, 15) is 9.59 Å². The van der Waals surface area contributed by atoms with Gasteiger partial charge in [0, 0.05) is 41.3 Å². The van der Waals surface area contributed by atoms with Crippen molar-refractivity contribution in [3.05, 3.63) is 58.8 Å². The molecule has 0 fully saturated rings. The van der Waals surface area contributed by atoms with Crippen LogP contribution in [0, 0.1) is 0 Å². The Balaban J connectivity index is 1.87. The lowest BCUT2D eigenvalue weighted by Gasteiger charge is -2.38. The van der Waals surface area contributed by atoms with Crippen LogP contribution in [0.15, 0.2) is 47.7 Å². The molecule has 2 aliphatic rings. The number of rotatable bonds is 6. The molecule has 32 heavy (non-hydrogen) atoms. The fourth-order valence-corrected chi connectivity index (χ4v) is 4.84. The number of nitrogens with zero attached hydrogens (tertiary/aromatic N) is 1. The monoisotopic (exact) mass is 435 g/mol. The minimum Gasteiger partial charge on any atom is -0.493 e. The van der Waals surface area contributed by atoms with E-state index in [1.807, 2.05) is 30.3 Å². The summed E-state index contributed by atoms with van der Waals surface area (Å²) in [7, 11) is 4.67. The van der Waals surface area contributed by atoms with E-state index in [4.69, 9.17) is 14.2 Å². The average molecular weight is 436 g/mol. The summed E-state index contributed by atoms with van der Waals surface area (Å²) in [6.07, 6.45) is 3.04. The Morgan fingerprint density at radius 3 is 2.25 bits per heavy atom. The molecule has 0 saturated heterocycles. The third-order valence-corrected chi connectivity index (χ3v) is 6.39. The molecule has 4 rings (SSSR count). The quantitative estimate of drug-likeness (QED) is 0.652. The van der Waals surface area contributed by atoms with Crippen LogP contribution in [0.2, 0.25) is 0 Å². The molecule has 0 N–H and O–H groups in total. The third kappa shape index (κ3) is 3.64. The Bertz CT molecular complexity index is 1070. The lowest BCUT2D eigenvalue weighted by atomic mass is 9.76. The van der Waals surface area contributed by atoms with Gasteiger partial charge in [-0.3, -0.25) is 14.5 Å². The van der Waals surface area contributed by atoms with Crippen LogP contribution in [0.5, 0.6) is 17.2 Å². The van der Waals surface area contributed by atoms with Crippen LogP contribution in [-0.4, -0.2) is 33.0 Å². The van der Waals surface area contributed by atoms with E-state index in [-0.39, 0.29) is 24.0 Å². The Kier molecular flexibility index (Phi) is 6.21. The molecule has 0 bridgehead atoms. The number of ketones is 1. The van der Waals surface area contributed by atoms with E-state index in [0.29, 0.717) is 35.7 Å². The molecule has 2 aromatic rings. The summed E-state index contributed by atoms with van der Waals surface area (Å²) in [5.74, 6) is 1.18. The van der Waals surface area contributed by atoms with Crippen molar-refractivity contribution in [3.8, 4) is 17.2 Å². The van der Waals surface area contributed by atoms with Gasteiger partial charge in [0.25, 0.3) is 0 Å². The van der Waals surface area contributed by atoms with Crippen molar-refractivity contribution in [1.29, 1.82) is 0 Å². The summed E-state index contributed by atoms with van der Waals surface area (Å²) in [6.45, 7) is 2.10. The number of ether oxygens (including phenoxy) is 3. The predicted molar refractivity (Wildman–Crippen MR) is 123 cm³/mol. The van der Waals surface area contributed by atoms with Crippen LogP contribution in [0.25, 0.3) is 0 Å². The number of anilines is 1. The number of Topliss-reactive ketones (excluding diaryl/α,β-unsaturated/α-hetero) is 1. The fraction of sp³-hybridized carbons (Fsp3) is 0.385. The standard InChI is InChI=1S/C26H29NO5/c1-5-16-9-11-17(12-10-16)27-20-7-6-8-21(28)24(20)19(15-23(27)29)18-13-14-22(30-2)26(32-4)25(18)31-3/h9-14,19H,5-8,15H2,1-4H3/t19-/m0/s1. The Morgan fingerprint density at radius 1 is 0.906 bits per heavy atom. The van der Waals surface area contributed by atoms with Crippen molar-refractivity contribution in [2.24, 2.45) is 0 Å². The van der Waals surface area contributed by atoms with E-state index in [2.05, 4.69) is 6.92 Å². The van der Waals surface area contributed by atoms with Crippen LogP contribution in [0.3, 0.4) is 0 Å². The molecule has 6 nitrogen and oxygen atoms in total. The van der Waals surface area contributed by atoms with Crippen molar-refractivity contribution in [2.75, 3.05) is 26.2 Å². The molecule has 1 heterocycles. The van der Waals surface area contributed by atoms with Gasteiger partial charge in [0.15, 0.2) is 17.3 Å². The largest absolute Gasteiger partial charge is 0.493 e. The molecule has 6 heteroatoms. The summed E-state index contributed by atoms with van der Waals surface area (Å²) in [5.41, 5.74) is 4.30. The second-order valence-corrected chi connectivity index (χ2v) is 8.07. The maximum Gasteiger partial charge on any atom is 0.232 e. The minimum absolute atomic E-state index is 0.0236. The normalized spacial score (nSPS) is 18.5. The number of benzene rings is 2. The van der Waals surface area contributed by atoms with Gasteiger partial charge in [-0.25, -0.2) is 0 Å². The lowest BCUT2D eigenvalue weighted by Crippen LogP contribution is -2.40. The summed E-state index contributed by atoms with van der Waals surface area (Å²) >= 11 is 0. The number of hydrogen-bond donors (Lipinski definition) is 0. The number of amides is 1. The van der Waals surface area contributed by atoms with Gasteiger partial charge in [0.1, 0.15) is 0 Å². The van der Waals surface area contributed by atoms with E-state index in [1.54, 1.807) is 32.3 Å². The zero-order valence-electron chi connectivity index (χ0n) is 19.1. The van der Waals surface area contributed by atoms with Crippen LogP contribution in [-0.2, 0) is 16.0 Å². The second-order valence-electron chi connectivity index (χ2n) is 8.07. The summed E-state index contributed by atoms with van der Waals surface area (Å²) < 4.78 is 16.6. The second kappa shape index (κ2) is 9.07. The predicted octanol–water partition coefficient (Wildman–Crippen LogP) is 4.80. The zero-order chi connectivity index (χ0) is 22.8. The molecule has 0 unspecified atom stereocenters. The van der Waals surface area contributed by atoms with Gasteiger partial charge >= 0.3 is 0 Å². The van der Waals surface area contributed by atoms with Gasteiger partial charge in [-0.15, -0.1) is 0 Å². The number of aryl methyl sites for hydroxylation is 1. The first kappa shape index (κ1) is 21.9. The highest BCUT2D eigenvalue weighted by molar-refractivity contribution is 6.07. The van der Waals surface area contributed by atoms with Crippen LogP contribution < -0.4 is 19.1 Å². The summed E-state index contributed by atoms with van der Waals surface area (Å²) in [4.78, 5) is 28.4. The van der Waals surface area contributed by atoms with E-state index in [0.717, 1.165) is 29.8 Å². The summed E-state index contributed by atoms with van der Waals surface area (Å²) in [5, 5.41) is 0. The van der Waals surface area contributed by atoms with Gasteiger partial charge in [0.05, 0.1) is 21.3 Å². The lowest BCUT2D eigenvalue weighted by molar-refractivity contribution is -0.119. The molecule has 0 radical (unpaired) electrons. The minimum atomic E-state index is -0.383. The summed E-state index contributed by atoms with van der Waals surface area (Å²) in [6, 6.07) is 11.7.